The van der Waals surface area contributed by atoms with Gasteiger partial charge in [0.1, 0.15) is 29.3 Å². The molecule has 2 aromatic heterocycles. The van der Waals surface area contributed by atoms with Gasteiger partial charge in [0.25, 0.3) is 0 Å². The Morgan fingerprint density at radius 2 is 1.39 bits per heavy atom. The molecule has 0 aromatic carbocycles. The van der Waals surface area contributed by atoms with Crippen LogP contribution in [0.4, 0.5) is 5.82 Å². The largest absolute Gasteiger partial charge is 0.464 e. The molecular formula is C27H48N7O6P. The number of fused-ring (bicyclic) bond motifs is 1. The van der Waals surface area contributed by atoms with Gasteiger partial charge in [-0.2, -0.15) is 0 Å². The first-order chi connectivity index (χ1) is 18.5. The van der Waals surface area contributed by atoms with Gasteiger partial charge in [0, 0.05) is 0 Å². The summed E-state index contributed by atoms with van der Waals surface area (Å²) >= 11 is 0. The third-order valence-corrected chi connectivity index (χ3v) is 7.99. The van der Waals surface area contributed by atoms with Crippen LogP contribution in [0, 0.1) is 10.8 Å². The number of aromatic nitrogens is 4. The van der Waals surface area contributed by atoms with Gasteiger partial charge >= 0.3 is 11.9 Å². The third kappa shape index (κ3) is 10.6. The number of hydrogen-bond donors (Lipinski definition) is 3. The van der Waals surface area contributed by atoms with E-state index < -0.39 is 36.6 Å². The molecule has 0 saturated heterocycles. The number of carbonyl (C=O) groups is 2. The summed E-state index contributed by atoms with van der Waals surface area (Å²) in [5, 5.41) is 5.84. The molecule has 232 valence electrons. The molecule has 0 fully saturated rings. The Bertz CT molecular complexity index is 1220. The highest BCUT2D eigenvalue weighted by Crippen LogP contribution is 2.42. The van der Waals surface area contributed by atoms with Crippen molar-refractivity contribution >= 4 is 36.4 Å². The van der Waals surface area contributed by atoms with E-state index in [1.54, 1.807) is 45.5 Å². The van der Waals surface area contributed by atoms with E-state index in [9.17, 15) is 14.2 Å². The Labute approximate surface area is 243 Å². The average Bonchev–Trinajstić information content (AvgIpc) is 3.21. The first-order valence-electron chi connectivity index (χ1n) is 13.6. The molecule has 2 aromatic rings. The van der Waals surface area contributed by atoms with Crippen molar-refractivity contribution in [3.63, 3.8) is 0 Å². The molecule has 0 unspecified atom stereocenters. The number of carbonyl (C=O) groups excluding carboxylic acids is 2. The lowest BCUT2D eigenvalue weighted by Gasteiger charge is -2.36. The molecule has 4 N–H and O–H groups in total. The van der Waals surface area contributed by atoms with E-state index in [4.69, 9.17) is 19.9 Å². The third-order valence-electron chi connectivity index (χ3n) is 5.64. The van der Waals surface area contributed by atoms with Crippen LogP contribution in [0.15, 0.2) is 12.7 Å². The van der Waals surface area contributed by atoms with Gasteiger partial charge in [0.15, 0.2) is 11.5 Å². The lowest BCUT2D eigenvalue weighted by atomic mass is 9.98. The number of ether oxygens (including phenoxy) is 3. The molecule has 0 saturated carbocycles. The van der Waals surface area contributed by atoms with Gasteiger partial charge < -0.3 is 24.5 Å². The van der Waals surface area contributed by atoms with Crippen LogP contribution in [0.5, 0.6) is 0 Å². The highest BCUT2D eigenvalue weighted by atomic mass is 31.2. The topological polar surface area (TPSA) is 173 Å². The smallest absolute Gasteiger partial charge is 0.326 e. The van der Waals surface area contributed by atoms with Gasteiger partial charge in [-0.05, 0) is 45.4 Å². The van der Waals surface area contributed by atoms with Gasteiger partial charge in [-0.1, -0.05) is 41.5 Å². The number of anilines is 1. The fourth-order valence-electron chi connectivity index (χ4n) is 3.61. The molecular weight excluding hydrogens is 549 g/mol. The zero-order valence-electron chi connectivity index (χ0n) is 26.3. The molecule has 41 heavy (non-hydrogen) atoms. The van der Waals surface area contributed by atoms with Crippen LogP contribution in [0.25, 0.3) is 11.2 Å². The van der Waals surface area contributed by atoms with Crippen LogP contribution >= 0.6 is 7.44 Å². The van der Waals surface area contributed by atoms with Gasteiger partial charge in [0.2, 0.25) is 7.44 Å². The van der Waals surface area contributed by atoms with E-state index in [0.29, 0.717) is 17.7 Å². The van der Waals surface area contributed by atoms with E-state index in [0.717, 1.165) is 0 Å². The fourth-order valence-corrected chi connectivity index (χ4v) is 6.24. The summed E-state index contributed by atoms with van der Waals surface area (Å²) in [4.78, 5) is 38.5. The maximum Gasteiger partial charge on any atom is 0.326 e. The van der Waals surface area contributed by atoms with Crippen molar-refractivity contribution in [2.75, 3.05) is 25.3 Å². The molecule has 1 atom stereocenters. The molecule has 0 bridgehead atoms. The number of nitrogens with two attached hydrogens (primary N) is 1. The number of esters is 2. The second kappa shape index (κ2) is 12.7. The first kappa shape index (κ1) is 34.6. The molecule has 2 heterocycles. The number of nitrogens with zero attached hydrogens (tertiary/aromatic N) is 4. The Morgan fingerprint density at radius 3 is 1.85 bits per heavy atom. The molecule has 14 heteroatoms. The highest BCUT2D eigenvalue weighted by molar-refractivity contribution is 7.59. The van der Waals surface area contributed by atoms with Gasteiger partial charge in [-0.15, -0.1) is 0 Å². The van der Waals surface area contributed by atoms with Gasteiger partial charge in [-0.25, -0.2) is 25.1 Å². The minimum Gasteiger partial charge on any atom is -0.464 e. The normalized spacial score (nSPS) is 14.2. The van der Waals surface area contributed by atoms with Crippen molar-refractivity contribution in [3.05, 3.63) is 12.7 Å². The van der Waals surface area contributed by atoms with Crippen molar-refractivity contribution in [2.24, 2.45) is 10.8 Å². The lowest BCUT2D eigenvalue weighted by molar-refractivity contribution is -0.152. The first-order valence-corrected chi connectivity index (χ1v) is 15.5. The van der Waals surface area contributed by atoms with Gasteiger partial charge in [-0.3, -0.25) is 14.2 Å². The van der Waals surface area contributed by atoms with E-state index in [-0.39, 0.29) is 36.2 Å². The lowest BCUT2D eigenvalue weighted by Crippen LogP contribution is -2.54. The second-order valence-corrected chi connectivity index (χ2v) is 16.1. The molecule has 0 amide bonds. The molecule has 0 aliphatic rings. The monoisotopic (exact) mass is 597 g/mol. The maximum atomic E-state index is 14.4. The van der Waals surface area contributed by atoms with Crippen LogP contribution in [0.1, 0.15) is 76.2 Å². The summed E-state index contributed by atoms with van der Waals surface area (Å²) in [6.45, 7) is 20.4. The van der Waals surface area contributed by atoms with Crippen LogP contribution in [-0.2, 0) is 34.9 Å². The number of rotatable bonds is 13. The molecule has 0 aliphatic carbocycles. The van der Waals surface area contributed by atoms with Crippen molar-refractivity contribution < 1.29 is 28.4 Å². The van der Waals surface area contributed by atoms with E-state index >= 15 is 0 Å². The van der Waals surface area contributed by atoms with E-state index in [1.807, 2.05) is 41.5 Å². The minimum absolute atomic E-state index is 0.180. The van der Waals surface area contributed by atoms with Crippen molar-refractivity contribution in [2.45, 2.75) is 99.9 Å². The molecule has 2 rings (SSSR count). The summed E-state index contributed by atoms with van der Waals surface area (Å²) in [6, 6.07) is 0. The highest BCUT2D eigenvalue weighted by Gasteiger charge is 2.43. The number of nitrogen functional groups attached to an aromatic ring is 1. The van der Waals surface area contributed by atoms with Crippen LogP contribution in [0.3, 0.4) is 0 Å². The SMILES string of the molecule is C[C@H](Cn1cnc2c(N)ncnc21)OCP(=O)(NC(C)(C)C(=O)OCC(C)(C)C)NC(C)(C)C(=O)OCC(C)(C)C. The van der Waals surface area contributed by atoms with Gasteiger partial charge in [0.05, 0.1) is 32.2 Å². The standard InChI is InChI=1S/C27H48N7O6P/c1-18(12-34-16-31-19-20(28)29-15-30-21(19)34)40-17-41(37,32-26(8,9)22(35)38-13-24(2,3)4)33-27(10,11)23(36)39-14-25(5,6)7/h15-16,18H,12-14,17H2,1-11H3,(H2,28,29,30)(H2,32,33,37)/t18-/m1/s1. The fraction of sp³-hybridized carbons (Fsp3) is 0.741. The summed E-state index contributed by atoms with van der Waals surface area (Å²) in [5.41, 5.74) is 3.65. The summed E-state index contributed by atoms with van der Waals surface area (Å²) in [6.07, 6.45) is 2.12. The zero-order valence-corrected chi connectivity index (χ0v) is 27.2. The average molecular weight is 598 g/mol. The predicted molar refractivity (Wildman–Crippen MR) is 158 cm³/mol. The second-order valence-electron chi connectivity index (χ2n) is 13.9. The summed E-state index contributed by atoms with van der Waals surface area (Å²) in [5.74, 6) is -0.906. The number of imidazole rings is 1. The quantitative estimate of drug-likeness (QED) is 0.225. The predicted octanol–water partition coefficient (Wildman–Crippen LogP) is 3.88. The van der Waals surface area contributed by atoms with Crippen molar-refractivity contribution in [3.8, 4) is 0 Å². The van der Waals surface area contributed by atoms with E-state index in [2.05, 4.69) is 25.1 Å². The molecule has 0 aliphatic heterocycles. The summed E-state index contributed by atoms with van der Waals surface area (Å²) < 4.78 is 33.2. The Kier molecular flexibility index (Phi) is 10.7. The van der Waals surface area contributed by atoms with Crippen molar-refractivity contribution in [1.29, 1.82) is 0 Å². The Balaban J connectivity index is 2.25. The van der Waals surface area contributed by atoms with Crippen molar-refractivity contribution in [1.82, 2.24) is 29.7 Å². The maximum absolute atomic E-state index is 14.4. The number of nitrogens with one attached hydrogen (secondary N) is 2. The molecule has 13 nitrogen and oxygen atoms in total. The van der Waals surface area contributed by atoms with Crippen LogP contribution in [-0.4, -0.2) is 68.2 Å². The zero-order chi connectivity index (χ0) is 31.4. The van der Waals surface area contributed by atoms with E-state index in [1.165, 1.54) is 6.33 Å². The summed E-state index contributed by atoms with van der Waals surface area (Å²) in [7, 11) is -3.79. The Morgan fingerprint density at radius 1 is 0.902 bits per heavy atom. The molecule has 0 radical (unpaired) electrons. The minimum atomic E-state index is -3.79. The van der Waals surface area contributed by atoms with Crippen LogP contribution in [0.2, 0.25) is 0 Å². The molecule has 0 spiro atoms. The number of hydrogen-bond acceptors (Lipinski definition) is 10. The van der Waals surface area contributed by atoms with Crippen LogP contribution < -0.4 is 15.9 Å². The Hall–Kier alpha value is -2.60.